The topological polar surface area (TPSA) is 105 Å². The van der Waals surface area contributed by atoms with Gasteiger partial charge < -0.3 is 5.32 Å². The number of carbonyl (C=O) groups is 1. The maximum absolute atomic E-state index is 13.1. The average molecular weight is 421 g/mol. The van der Waals surface area contributed by atoms with Gasteiger partial charge in [0.15, 0.2) is 5.52 Å². The van der Waals surface area contributed by atoms with Crippen molar-refractivity contribution >= 4 is 44.3 Å². The Morgan fingerprint density at radius 2 is 1.96 bits per heavy atom. The molecule has 1 amide bonds. The second-order valence-corrected chi connectivity index (χ2v) is 8.93. The number of hydrogen-bond donors (Lipinski definition) is 1. The molecule has 8 nitrogen and oxygen atoms in total. The number of sulfonamides is 1. The molecular formula is C18H17ClN4O4S. The number of amides is 1. The standard InChI is InChI=1S/C18H17ClN4O4S/c19-13-6-8-14(9-7-13)20-18(24)12-3-2-10-23(11-12)28(25,26)16-5-1-4-15-17(16)22-27-21-15/h1,4-9,12H,2-3,10-11H2,(H,20,24)/t12-/m1/s1. The number of anilines is 1. The molecule has 1 fully saturated rings. The van der Waals surface area contributed by atoms with Crippen LogP contribution in [0.2, 0.25) is 5.02 Å². The fourth-order valence-electron chi connectivity index (χ4n) is 3.28. The maximum atomic E-state index is 13.1. The number of piperidine rings is 1. The van der Waals surface area contributed by atoms with E-state index in [1.54, 1.807) is 36.4 Å². The van der Waals surface area contributed by atoms with Crippen molar-refractivity contribution in [3.8, 4) is 0 Å². The number of carbonyl (C=O) groups excluding carboxylic acids is 1. The Balaban J connectivity index is 1.53. The lowest BCUT2D eigenvalue weighted by Crippen LogP contribution is -2.43. The van der Waals surface area contributed by atoms with Crippen LogP contribution in [-0.2, 0) is 14.8 Å². The van der Waals surface area contributed by atoms with Crippen molar-refractivity contribution in [3.63, 3.8) is 0 Å². The van der Waals surface area contributed by atoms with Crippen LogP contribution >= 0.6 is 11.6 Å². The van der Waals surface area contributed by atoms with Crippen molar-refractivity contribution in [2.24, 2.45) is 5.92 Å². The van der Waals surface area contributed by atoms with Crippen LogP contribution in [0.4, 0.5) is 5.69 Å². The Hall–Kier alpha value is -2.49. The van der Waals surface area contributed by atoms with Crippen molar-refractivity contribution in [2.45, 2.75) is 17.7 Å². The number of fused-ring (bicyclic) bond motifs is 1. The van der Waals surface area contributed by atoms with E-state index >= 15 is 0 Å². The molecule has 1 atom stereocenters. The number of nitrogens with zero attached hydrogens (tertiary/aromatic N) is 3. The lowest BCUT2D eigenvalue weighted by atomic mass is 9.99. The van der Waals surface area contributed by atoms with Crippen LogP contribution in [0.3, 0.4) is 0 Å². The molecule has 1 N–H and O–H groups in total. The van der Waals surface area contributed by atoms with E-state index in [0.29, 0.717) is 35.6 Å². The van der Waals surface area contributed by atoms with Gasteiger partial charge in [-0.2, -0.15) is 4.31 Å². The predicted octanol–water partition coefficient (Wildman–Crippen LogP) is 2.92. The van der Waals surface area contributed by atoms with Gasteiger partial charge in [-0.15, -0.1) is 0 Å². The highest BCUT2D eigenvalue weighted by atomic mass is 35.5. The van der Waals surface area contributed by atoms with Crippen molar-refractivity contribution in [1.29, 1.82) is 0 Å². The second kappa shape index (κ2) is 7.50. The molecule has 10 heteroatoms. The first-order valence-corrected chi connectivity index (χ1v) is 10.5. The minimum atomic E-state index is -3.83. The maximum Gasteiger partial charge on any atom is 0.245 e. The zero-order chi connectivity index (χ0) is 19.7. The van der Waals surface area contributed by atoms with E-state index in [2.05, 4.69) is 20.3 Å². The van der Waals surface area contributed by atoms with Crippen LogP contribution in [0, 0.1) is 5.92 Å². The molecule has 2 heterocycles. The largest absolute Gasteiger partial charge is 0.326 e. The molecule has 4 rings (SSSR count). The smallest absolute Gasteiger partial charge is 0.245 e. The number of hydrogen-bond acceptors (Lipinski definition) is 6. The minimum Gasteiger partial charge on any atom is -0.326 e. The van der Waals surface area contributed by atoms with E-state index in [4.69, 9.17) is 11.6 Å². The van der Waals surface area contributed by atoms with Gasteiger partial charge in [0.05, 0.1) is 5.92 Å². The Kier molecular flexibility index (Phi) is 5.05. The van der Waals surface area contributed by atoms with Gasteiger partial charge in [-0.25, -0.2) is 13.0 Å². The Labute approximate surface area is 166 Å². The van der Waals surface area contributed by atoms with Crippen LogP contribution in [0.5, 0.6) is 0 Å². The molecule has 1 aliphatic rings. The van der Waals surface area contributed by atoms with E-state index < -0.39 is 15.9 Å². The summed E-state index contributed by atoms with van der Waals surface area (Å²) in [6.45, 7) is 0.443. The third-order valence-corrected chi connectivity index (χ3v) is 6.88. The summed E-state index contributed by atoms with van der Waals surface area (Å²) < 4.78 is 32.3. The summed E-state index contributed by atoms with van der Waals surface area (Å²) in [6.07, 6.45) is 1.20. The first-order chi connectivity index (χ1) is 13.4. The predicted molar refractivity (Wildman–Crippen MR) is 103 cm³/mol. The zero-order valence-electron chi connectivity index (χ0n) is 14.7. The van der Waals surface area contributed by atoms with Gasteiger partial charge in [-0.3, -0.25) is 4.79 Å². The molecule has 28 heavy (non-hydrogen) atoms. The molecule has 2 aromatic carbocycles. The number of halogens is 1. The molecule has 0 unspecified atom stereocenters. The summed E-state index contributed by atoms with van der Waals surface area (Å²) in [6, 6.07) is 11.5. The lowest BCUT2D eigenvalue weighted by molar-refractivity contribution is -0.120. The lowest BCUT2D eigenvalue weighted by Gasteiger charge is -2.31. The van der Waals surface area contributed by atoms with Crippen LogP contribution < -0.4 is 5.32 Å². The molecular weight excluding hydrogens is 404 g/mol. The van der Waals surface area contributed by atoms with Gasteiger partial charge in [0.2, 0.25) is 15.9 Å². The average Bonchev–Trinajstić information content (AvgIpc) is 3.18. The Bertz CT molecular complexity index is 1110. The highest BCUT2D eigenvalue weighted by Crippen LogP contribution is 2.28. The molecule has 0 saturated carbocycles. The Morgan fingerprint density at radius 3 is 2.75 bits per heavy atom. The third-order valence-electron chi connectivity index (χ3n) is 4.73. The molecule has 0 radical (unpaired) electrons. The van der Waals surface area contributed by atoms with Crippen molar-refractivity contribution < 1.29 is 17.8 Å². The van der Waals surface area contributed by atoms with Gasteiger partial charge in [0.1, 0.15) is 10.4 Å². The molecule has 1 aliphatic heterocycles. The third kappa shape index (κ3) is 3.60. The van der Waals surface area contributed by atoms with Crippen LogP contribution in [0.25, 0.3) is 11.0 Å². The number of nitrogens with one attached hydrogen (secondary N) is 1. The van der Waals surface area contributed by atoms with E-state index in [-0.39, 0.29) is 22.9 Å². The van der Waals surface area contributed by atoms with Gasteiger partial charge in [-0.1, -0.05) is 17.7 Å². The second-order valence-electron chi connectivity index (χ2n) is 6.59. The van der Waals surface area contributed by atoms with Gasteiger partial charge in [-0.05, 0) is 59.6 Å². The highest BCUT2D eigenvalue weighted by Gasteiger charge is 2.34. The van der Waals surface area contributed by atoms with E-state index in [9.17, 15) is 13.2 Å². The monoisotopic (exact) mass is 420 g/mol. The Morgan fingerprint density at radius 1 is 1.18 bits per heavy atom. The summed E-state index contributed by atoms with van der Waals surface area (Å²) in [4.78, 5) is 12.7. The first kappa shape index (κ1) is 18.9. The molecule has 0 aliphatic carbocycles. The highest BCUT2D eigenvalue weighted by molar-refractivity contribution is 7.89. The summed E-state index contributed by atoms with van der Waals surface area (Å²) in [5.74, 6) is -0.669. The van der Waals surface area contributed by atoms with Crippen LogP contribution in [-0.4, -0.2) is 42.0 Å². The molecule has 1 saturated heterocycles. The number of benzene rings is 2. The van der Waals surface area contributed by atoms with E-state index in [1.807, 2.05) is 0 Å². The number of aromatic nitrogens is 2. The summed E-state index contributed by atoms with van der Waals surface area (Å²) in [5, 5.41) is 10.8. The van der Waals surface area contributed by atoms with Crippen molar-refractivity contribution in [2.75, 3.05) is 18.4 Å². The van der Waals surface area contributed by atoms with Crippen molar-refractivity contribution in [1.82, 2.24) is 14.6 Å². The fourth-order valence-corrected chi connectivity index (χ4v) is 5.07. The molecule has 0 bridgehead atoms. The van der Waals surface area contributed by atoms with E-state index in [1.165, 1.54) is 10.4 Å². The van der Waals surface area contributed by atoms with Crippen LogP contribution in [0.1, 0.15) is 12.8 Å². The molecule has 0 spiro atoms. The molecule has 1 aromatic heterocycles. The van der Waals surface area contributed by atoms with Gasteiger partial charge in [0.25, 0.3) is 0 Å². The molecule has 146 valence electrons. The number of rotatable bonds is 4. The fraction of sp³-hybridized carbons (Fsp3) is 0.278. The van der Waals surface area contributed by atoms with Gasteiger partial charge >= 0.3 is 0 Å². The zero-order valence-corrected chi connectivity index (χ0v) is 16.3. The summed E-state index contributed by atoms with van der Waals surface area (Å²) in [7, 11) is -3.83. The summed E-state index contributed by atoms with van der Waals surface area (Å²) >= 11 is 5.86. The normalized spacial score (nSPS) is 18.2. The minimum absolute atomic E-state index is 0.0324. The quantitative estimate of drug-likeness (QED) is 0.695. The van der Waals surface area contributed by atoms with Crippen LogP contribution in [0.15, 0.2) is 52.0 Å². The first-order valence-electron chi connectivity index (χ1n) is 8.73. The SMILES string of the molecule is O=C(Nc1ccc(Cl)cc1)[C@@H]1CCCN(S(=O)(=O)c2cccc3nonc23)C1. The summed E-state index contributed by atoms with van der Waals surface area (Å²) in [5.41, 5.74) is 1.18. The molecule has 3 aromatic rings. The van der Waals surface area contributed by atoms with Crippen molar-refractivity contribution in [3.05, 3.63) is 47.5 Å². The van der Waals surface area contributed by atoms with E-state index in [0.717, 1.165) is 0 Å². The van der Waals surface area contributed by atoms with Gasteiger partial charge in [0, 0.05) is 23.8 Å².